The molecular weight excluding hydrogens is 813 g/mol. The minimum atomic E-state index is 0.891. The predicted octanol–water partition coefficient (Wildman–Crippen LogP) is 18.0. The van der Waals surface area contributed by atoms with Crippen LogP contribution in [0.1, 0.15) is 0 Å². The number of fused-ring (bicyclic) bond motifs is 7. The first-order valence-electron chi connectivity index (χ1n) is 22.9. The summed E-state index contributed by atoms with van der Waals surface area (Å²) in [5.74, 6) is 0. The van der Waals surface area contributed by atoms with Gasteiger partial charge in [0.2, 0.25) is 0 Å². The summed E-state index contributed by atoms with van der Waals surface area (Å²) in [6, 6.07) is 92.0. The molecule has 2 aromatic heterocycles. The van der Waals surface area contributed by atoms with Crippen LogP contribution >= 0.6 is 0 Å². The summed E-state index contributed by atoms with van der Waals surface area (Å²) in [5.41, 5.74) is 17.6. The Bertz CT molecular complexity index is 3990. The molecule has 0 fully saturated rings. The van der Waals surface area contributed by atoms with E-state index in [1.54, 1.807) is 0 Å². The van der Waals surface area contributed by atoms with E-state index in [1.807, 2.05) is 6.07 Å². The van der Waals surface area contributed by atoms with Gasteiger partial charge < -0.3 is 13.9 Å². The molecule has 0 aliphatic carbocycles. The van der Waals surface area contributed by atoms with E-state index in [1.165, 1.54) is 32.6 Å². The summed E-state index contributed by atoms with van der Waals surface area (Å²) in [6.45, 7) is 0. The van der Waals surface area contributed by atoms with Gasteiger partial charge in [0.15, 0.2) is 0 Å². The van der Waals surface area contributed by atoms with E-state index in [9.17, 15) is 0 Å². The van der Waals surface area contributed by atoms with Crippen molar-refractivity contribution in [3.05, 3.63) is 255 Å². The maximum atomic E-state index is 6.67. The molecular formula is C64H42N2O. The number of nitrogens with zero attached hydrogens (tertiary/aromatic N) is 2. The van der Waals surface area contributed by atoms with Crippen LogP contribution in [-0.4, -0.2) is 4.57 Å². The van der Waals surface area contributed by atoms with Crippen LogP contribution in [-0.2, 0) is 0 Å². The van der Waals surface area contributed by atoms with E-state index < -0.39 is 0 Å². The first kappa shape index (κ1) is 38.5. The van der Waals surface area contributed by atoms with Gasteiger partial charge >= 0.3 is 0 Å². The van der Waals surface area contributed by atoms with E-state index in [-0.39, 0.29) is 0 Å². The molecule has 3 nitrogen and oxygen atoms in total. The lowest BCUT2D eigenvalue weighted by molar-refractivity contribution is 0.670. The molecule has 0 N–H and O–H groups in total. The van der Waals surface area contributed by atoms with Gasteiger partial charge in [0, 0.05) is 49.9 Å². The third-order valence-corrected chi connectivity index (χ3v) is 13.3. The van der Waals surface area contributed by atoms with E-state index in [2.05, 4.69) is 258 Å². The van der Waals surface area contributed by atoms with Gasteiger partial charge in [0.25, 0.3) is 0 Å². The number of para-hydroxylation sites is 5. The molecule has 0 unspecified atom stereocenters. The van der Waals surface area contributed by atoms with Crippen molar-refractivity contribution in [1.29, 1.82) is 0 Å². The highest BCUT2D eigenvalue weighted by Gasteiger charge is 2.18. The molecule has 13 rings (SSSR count). The number of rotatable bonds is 8. The fourth-order valence-corrected chi connectivity index (χ4v) is 10.1. The Kier molecular flexibility index (Phi) is 9.17. The van der Waals surface area contributed by atoms with Crippen molar-refractivity contribution in [2.75, 3.05) is 4.90 Å². The van der Waals surface area contributed by atoms with E-state index >= 15 is 0 Å². The Labute approximate surface area is 388 Å². The summed E-state index contributed by atoms with van der Waals surface area (Å²) < 4.78 is 9.06. The van der Waals surface area contributed by atoms with Gasteiger partial charge in [-0.3, -0.25) is 0 Å². The van der Waals surface area contributed by atoms with Crippen molar-refractivity contribution >= 4 is 71.6 Å². The first-order chi connectivity index (χ1) is 33.2. The molecule has 3 heteroatoms. The Morgan fingerprint density at radius 3 is 1.70 bits per heavy atom. The molecule has 0 amide bonds. The van der Waals surface area contributed by atoms with Gasteiger partial charge in [-0.05, 0) is 141 Å². The lowest BCUT2D eigenvalue weighted by atomic mass is 9.91. The van der Waals surface area contributed by atoms with Crippen LogP contribution in [0.2, 0.25) is 0 Å². The van der Waals surface area contributed by atoms with Crippen LogP contribution in [0.3, 0.4) is 0 Å². The molecule has 0 radical (unpaired) electrons. The van der Waals surface area contributed by atoms with Crippen molar-refractivity contribution in [3.63, 3.8) is 0 Å². The fraction of sp³-hybridized carbons (Fsp3) is 0. The fourth-order valence-electron chi connectivity index (χ4n) is 10.1. The zero-order valence-electron chi connectivity index (χ0n) is 36.6. The first-order valence-corrected chi connectivity index (χ1v) is 22.9. The molecule has 314 valence electrons. The van der Waals surface area contributed by atoms with Gasteiger partial charge in [0.1, 0.15) is 11.2 Å². The van der Waals surface area contributed by atoms with Crippen LogP contribution in [0.4, 0.5) is 17.1 Å². The Hall–Kier alpha value is -8.92. The molecule has 0 saturated heterocycles. The summed E-state index contributed by atoms with van der Waals surface area (Å²) in [4.78, 5) is 2.35. The number of anilines is 3. The van der Waals surface area contributed by atoms with Gasteiger partial charge in [-0.1, -0.05) is 164 Å². The highest BCUT2D eigenvalue weighted by atomic mass is 16.3. The average Bonchev–Trinajstić information content (AvgIpc) is 3.95. The maximum absolute atomic E-state index is 6.67. The Balaban J connectivity index is 0.972. The molecule has 67 heavy (non-hydrogen) atoms. The van der Waals surface area contributed by atoms with Gasteiger partial charge in [-0.2, -0.15) is 0 Å². The molecule has 0 spiro atoms. The van der Waals surface area contributed by atoms with Gasteiger partial charge in [-0.15, -0.1) is 0 Å². The van der Waals surface area contributed by atoms with Crippen LogP contribution in [0, 0.1) is 0 Å². The molecule has 0 bridgehead atoms. The van der Waals surface area contributed by atoms with Crippen LogP contribution in [0.15, 0.2) is 259 Å². The predicted molar refractivity (Wildman–Crippen MR) is 282 cm³/mol. The lowest BCUT2D eigenvalue weighted by Crippen LogP contribution is -2.09. The molecule has 0 aliphatic heterocycles. The van der Waals surface area contributed by atoms with Crippen molar-refractivity contribution in [2.24, 2.45) is 0 Å². The number of benzene rings is 11. The number of aromatic nitrogens is 1. The zero-order chi connectivity index (χ0) is 44.3. The van der Waals surface area contributed by atoms with Crippen LogP contribution < -0.4 is 4.90 Å². The summed E-state index contributed by atoms with van der Waals surface area (Å²) in [6.07, 6.45) is 0. The SMILES string of the molecule is c1ccc(N(c2cccc(-c3cccc(-c4cc(-c5ccc6c7ccccc7n(-c7ccccc7)c6c5)cc(-c5cccc6c5oc5ccccc56)c4)c3)c2)c2ccc3ccccc3c2)cc1. The normalized spacial score (nSPS) is 11.6. The Morgan fingerprint density at radius 1 is 0.299 bits per heavy atom. The van der Waals surface area contributed by atoms with Gasteiger partial charge in [-0.25, -0.2) is 0 Å². The Morgan fingerprint density at radius 2 is 0.866 bits per heavy atom. The van der Waals surface area contributed by atoms with E-state index in [4.69, 9.17) is 4.42 Å². The largest absolute Gasteiger partial charge is 0.455 e. The van der Waals surface area contributed by atoms with Crippen LogP contribution in [0.5, 0.6) is 0 Å². The van der Waals surface area contributed by atoms with Crippen molar-refractivity contribution in [2.45, 2.75) is 0 Å². The van der Waals surface area contributed by atoms with E-state index in [0.717, 1.165) is 89.2 Å². The molecule has 13 aromatic rings. The lowest BCUT2D eigenvalue weighted by Gasteiger charge is -2.26. The summed E-state index contributed by atoms with van der Waals surface area (Å²) in [7, 11) is 0. The van der Waals surface area contributed by atoms with Gasteiger partial charge in [0.05, 0.1) is 11.0 Å². The third-order valence-electron chi connectivity index (χ3n) is 13.3. The summed E-state index contributed by atoms with van der Waals surface area (Å²) in [5, 5.41) is 7.14. The quantitative estimate of drug-likeness (QED) is 0.152. The maximum Gasteiger partial charge on any atom is 0.143 e. The molecule has 2 heterocycles. The average molecular weight is 855 g/mol. The third kappa shape index (κ3) is 6.76. The summed E-state index contributed by atoms with van der Waals surface area (Å²) >= 11 is 0. The number of furan rings is 1. The topological polar surface area (TPSA) is 21.3 Å². The molecule has 0 aliphatic rings. The minimum Gasteiger partial charge on any atom is -0.455 e. The molecule has 0 saturated carbocycles. The van der Waals surface area contributed by atoms with Crippen molar-refractivity contribution in [3.8, 4) is 50.2 Å². The molecule has 11 aromatic carbocycles. The number of hydrogen-bond acceptors (Lipinski definition) is 2. The highest BCUT2D eigenvalue weighted by molar-refractivity contribution is 6.11. The minimum absolute atomic E-state index is 0.891. The smallest absolute Gasteiger partial charge is 0.143 e. The van der Waals surface area contributed by atoms with Crippen LogP contribution in [0.25, 0.3) is 105 Å². The van der Waals surface area contributed by atoms with Crippen molar-refractivity contribution in [1.82, 2.24) is 4.57 Å². The van der Waals surface area contributed by atoms with Crippen molar-refractivity contribution < 1.29 is 4.42 Å². The second-order valence-corrected chi connectivity index (χ2v) is 17.3. The zero-order valence-corrected chi connectivity index (χ0v) is 36.6. The highest BCUT2D eigenvalue weighted by Crippen LogP contribution is 2.43. The second kappa shape index (κ2) is 16.0. The standard InChI is InChI=1S/C64H42N2O/c1-3-21-52(22-4-1)65(55-34-32-43-16-7-8-17-46(43)40-55)54-25-14-20-47(41-54)44-18-13-19-45(36-44)49-37-50(39-51(38-49)56-28-15-29-60-59-27-10-12-31-63(59)67-64(56)60)48-33-35-58-57-26-9-11-30-61(57)66(62(58)42-48)53-23-5-2-6-24-53/h1-42H. The second-order valence-electron chi connectivity index (χ2n) is 17.3. The van der Waals surface area contributed by atoms with E-state index in [0.29, 0.717) is 0 Å². The number of hydrogen-bond donors (Lipinski definition) is 0. The monoisotopic (exact) mass is 854 g/mol. The molecule has 0 atom stereocenters.